The summed E-state index contributed by atoms with van der Waals surface area (Å²) in [6.07, 6.45) is 6.09. The molecule has 0 atom stereocenters. The minimum Gasteiger partial charge on any atom is -0.212 e. The van der Waals surface area contributed by atoms with Gasteiger partial charge in [0.05, 0.1) is 5.41 Å². The molecule has 0 amide bonds. The lowest BCUT2D eigenvalue weighted by molar-refractivity contribution is 0.618. The zero-order valence-corrected chi connectivity index (χ0v) is 14.3. The maximum absolute atomic E-state index is 11.7. The van der Waals surface area contributed by atoms with Crippen molar-refractivity contribution >= 4 is 31.3 Å². The predicted octanol–water partition coefficient (Wildman–Crippen LogP) is 4.87. The second kappa shape index (κ2) is 10.6. The third-order valence-electron chi connectivity index (χ3n) is 2.65. The van der Waals surface area contributed by atoms with Crippen molar-refractivity contribution in [3.63, 3.8) is 0 Å². The van der Waals surface area contributed by atoms with Crippen LogP contribution in [0.4, 0.5) is 0 Å². The van der Waals surface area contributed by atoms with Gasteiger partial charge in [-0.15, -0.1) is 17.3 Å². The Hall–Kier alpha value is -0.150. The molecule has 2 nitrogen and oxygen atoms in total. The van der Waals surface area contributed by atoms with E-state index in [0.29, 0.717) is 11.6 Å². The molecule has 5 heteroatoms. The van der Waals surface area contributed by atoms with Crippen LogP contribution in [0.3, 0.4) is 0 Å². The molecule has 0 rings (SSSR count). The number of unbranched alkanes of at least 4 members (excludes halogenated alkanes) is 3. The Labute approximate surface area is 126 Å². The van der Waals surface area contributed by atoms with Crippen LogP contribution in [0.1, 0.15) is 46.5 Å². The molecule has 0 saturated carbocycles. The van der Waals surface area contributed by atoms with Gasteiger partial charge in [0, 0.05) is 11.6 Å². The SMILES string of the molecule is CCCCCC=C=CS(=O)(=O)SC/C(C)=C(/C)CCl. The Kier molecular flexibility index (Phi) is 10.5. The Bertz CT molecular complexity index is 444. The molecule has 0 aliphatic heterocycles. The molecule has 0 saturated heterocycles. The van der Waals surface area contributed by atoms with Gasteiger partial charge in [-0.2, -0.15) is 0 Å². The van der Waals surface area contributed by atoms with Crippen molar-refractivity contribution < 1.29 is 8.42 Å². The van der Waals surface area contributed by atoms with Gasteiger partial charge >= 0.3 is 0 Å². The molecule has 0 unspecified atom stereocenters. The van der Waals surface area contributed by atoms with E-state index in [1.165, 1.54) is 6.42 Å². The maximum Gasteiger partial charge on any atom is 0.230 e. The Balaban J connectivity index is 4.30. The van der Waals surface area contributed by atoms with Gasteiger partial charge in [-0.3, -0.25) is 0 Å². The normalized spacial score (nSPS) is 12.6. The Morgan fingerprint density at radius 2 is 1.95 bits per heavy atom. The quantitative estimate of drug-likeness (QED) is 0.199. The number of hydrogen-bond donors (Lipinski definition) is 0. The highest BCUT2D eigenvalue weighted by atomic mass is 35.5. The zero-order chi connectivity index (χ0) is 14.7. The number of halogens is 1. The first-order valence-electron chi connectivity index (χ1n) is 6.44. The van der Waals surface area contributed by atoms with Crippen LogP contribution in [0.2, 0.25) is 0 Å². The van der Waals surface area contributed by atoms with E-state index in [2.05, 4.69) is 12.7 Å². The van der Waals surface area contributed by atoms with E-state index in [9.17, 15) is 8.42 Å². The maximum atomic E-state index is 11.7. The van der Waals surface area contributed by atoms with Crippen molar-refractivity contribution in [2.45, 2.75) is 46.5 Å². The summed E-state index contributed by atoms with van der Waals surface area (Å²) in [6.45, 7) is 5.96. The molecule has 110 valence electrons. The standard InChI is InChI=1S/C14H23ClO2S2/c1-4-5-6-7-8-9-10-19(16,17)18-12-14(3)13(2)11-15/h8,10H,4-7,11-12H2,1-3H3/b14-13-. The fourth-order valence-corrected chi connectivity index (χ4v) is 3.69. The summed E-state index contributed by atoms with van der Waals surface area (Å²) in [6, 6.07) is 0. The number of alkyl halides is 1. The summed E-state index contributed by atoms with van der Waals surface area (Å²) >= 11 is 5.70. The molecule has 0 aliphatic rings. The van der Waals surface area contributed by atoms with Crippen LogP contribution >= 0.6 is 22.4 Å². The highest BCUT2D eigenvalue weighted by molar-refractivity contribution is 8.73. The minimum atomic E-state index is -3.24. The topological polar surface area (TPSA) is 34.1 Å². The first-order valence-corrected chi connectivity index (χ1v) is 10.0. The highest BCUT2D eigenvalue weighted by Crippen LogP contribution is 2.19. The molecule has 0 aromatic carbocycles. The average molecular weight is 323 g/mol. The van der Waals surface area contributed by atoms with Gasteiger partial charge in [0.1, 0.15) is 0 Å². The van der Waals surface area contributed by atoms with Crippen molar-refractivity contribution in [1.82, 2.24) is 0 Å². The van der Waals surface area contributed by atoms with Crippen LogP contribution in [-0.4, -0.2) is 20.1 Å². The van der Waals surface area contributed by atoms with Gasteiger partial charge in [0.25, 0.3) is 0 Å². The smallest absolute Gasteiger partial charge is 0.212 e. The molecule has 0 fully saturated rings. The average Bonchev–Trinajstić information content (AvgIpc) is 2.39. The summed E-state index contributed by atoms with van der Waals surface area (Å²) < 4.78 is 23.4. The van der Waals surface area contributed by atoms with E-state index in [-0.39, 0.29) is 0 Å². The molecule has 0 aliphatic carbocycles. The summed E-state index contributed by atoms with van der Waals surface area (Å²) in [5.41, 5.74) is 4.80. The first kappa shape index (κ1) is 18.9. The molecular weight excluding hydrogens is 300 g/mol. The van der Waals surface area contributed by atoms with Crippen LogP contribution < -0.4 is 0 Å². The molecule has 0 N–H and O–H groups in total. The molecule has 0 heterocycles. The minimum absolute atomic E-state index is 0.444. The number of allylic oxidation sites excluding steroid dienone is 2. The monoisotopic (exact) mass is 322 g/mol. The second-order valence-corrected chi connectivity index (χ2v) is 8.55. The van der Waals surface area contributed by atoms with Crippen LogP contribution in [0.15, 0.2) is 28.4 Å². The predicted molar refractivity (Wildman–Crippen MR) is 87.3 cm³/mol. The summed E-state index contributed by atoms with van der Waals surface area (Å²) in [5, 5.41) is 1.16. The van der Waals surface area contributed by atoms with Crippen LogP contribution in [0.25, 0.3) is 0 Å². The summed E-state index contributed by atoms with van der Waals surface area (Å²) in [5.74, 6) is 0.897. The largest absolute Gasteiger partial charge is 0.230 e. The van der Waals surface area contributed by atoms with Crippen molar-refractivity contribution in [3.8, 4) is 0 Å². The van der Waals surface area contributed by atoms with E-state index in [1.807, 2.05) is 13.8 Å². The van der Waals surface area contributed by atoms with Crippen LogP contribution in [-0.2, 0) is 8.87 Å². The number of rotatable bonds is 9. The van der Waals surface area contributed by atoms with Gasteiger partial charge in [-0.25, -0.2) is 8.42 Å². The first-order chi connectivity index (χ1) is 8.93. The third-order valence-corrected chi connectivity index (χ3v) is 5.98. The molecule has 0 aromatic heterocycles. The summed E-state index contributed by atoms with van der Waals surface area (Å²) in [7, 11) is -2.32. The molecule has 0 bridgehead atoms. The van der Waals surface area contributed by atoms with Crippen molar-refractivity contribution in [1.29, 1.82) is 0 Å². The van der Waals surface area contributed by atoms with Crippen molar-refractivity contribution in [2.24, 2.45) is 0 Å². The molecule has 0 aromatic rings. The van der Waals surface area contributed by atoms with Gasteiger partial charge in [-0.05, 0) is 43.6 Å². The number of hydrogen-bond acceptors (Lipinski definition) is 3. The van der Waals surface area contributed by atoms with Gasteiger partial charge < -0.3 is 0 Å². The Morgan fingerprint density at radius 1 is 1.26 bits per heavy atom. The Morgan fingerprint density at radius 3 is 2.53 bits per heavy atom. The second-order valence-electron chi connectivity index (χ2n) is 4.43. The lowest BCUT2D eigenvalue weighted by Crippen LogP contribution is -1.94. The van der Waals surface area contributed by atoms with Crippen molar-refractivity contribution in [2.75, 3.05) is 11.6 Å². The highest BCUT2D eigenvalue weighted by Gasteiger charge is 2.07. The summed E-state index contributed by atoms with van der Waals surface area (Å²) in [4.78, 5) is 0. The van der Waals surface area contributed by atoms with Gasteiger partial charge in [-0.1, -0.05) is 30.9 Å². The van der Waals surface area contributed by atoms with Gasteiger partial charge in [0.2, 0.25) is 8.87 Å². The van der Waals surface area contributed by atoms with Crippen LogP contribution in [0.5, 0.6) is 0 Å². The third kappa shape index (κ3) is 10.3. The van der Waals surface area contributed by atoms with Gasteiger partial charge in [0.15, 0.2) is 0 Å². The molecule has 0 spiro atoms. The lowest BCUT2D eigenvalue weighted by atomic mass is 10.2. The zero-order valence-electron chi connectivity index (χ0n) is 11.9. The van der Waals surface area contributed by atoms with Crippen molar-refractivity contribution in [3.05, 3.63) is 28.4 Å². The molecule has 19 heavy (non-hydrogen) atoms. The van der Waals surface area contributed by atoms with E-state index in [4.69, 9.17) is 11.6 Å². The van der Waals surface area contributed by atoms with E-state index in [0.717, 1.165) is 46.6 Å². The van der Waals surface area contributed by atoms with E-state index >= 15 is 0 Å². The fourth-order valence-electron chi connectivity index (χ4n) is 1.15. The molecule has 0 radical (unpaired) electrons. The fraction of sp³-hybridized carbons (Fsp3) is 0.643. The van der Waals surface area contributed by atoms with E-state index in [1.54, 1.807) is 6.08 Å². The van der Waals surface area contributed by atoms with Crippen LogP contribution in [0, 0.1) is 0 Å². The lowest BCUT2D eigenvalue weighted by Gasteiger charge is -2.03. The van der Waals surface area contributed by atoms with E-state index < -0.39 is 8.87 Å². The molecular formula is C14H23ClO2S2.